The Hall–Kier alpha value is -2.56. The van der Waals surface area contributed by atoms with Gasteiger partial charge in [0.1, 0.15) is 36.3 Å². The molecule has 1 aliphatic heterocycles. The molecular formula is C24H40N4O6. The zero-order chi connectivity index (χ0) is 25.5. The molecule has 1 fully saturated rings. The maximum Gasteiger partial charge on any atom is 0.412 e. The van der Waals surface area contributed by atoms with Gasteiger partial charge in [-0.1, -0.05) is 12.1 Å². The van der Waals surface area contributed by atoms with Gasteiger partial charge in [0.25, 0.3) is 0 Å². The molecule has 10 nitrogen and oxygen atoms in total. The van der Waals surface area contributed by atoms with E-state index < -0.39 is 23.5 Å². The summed E-state index contributed by atoms with van der Waals surface area (Å²) in [7, 11) is 0. The van der Waals surface area contributed by atoms with Gasteiger partial charge in [-0.25, -0.2) is 15.5 Å². The van der Waals surface area contributed by atoms with Crippen molar-refractivity contribution < 1.29 is 28.6 Å². The topological polar surface area (TPSA) is 130 Å². The highest BCUT2D eigenvalue weighted by Gasteiger charge is 2.36. The first kappa shape index (κ1) is 27.7. The number of benzene rings is 1. The molecule has 0 aliphatic carbocycles. The highest BCUT2D eigenvalue weighted by Crippen LogP contribution is 2.28. The monoisotopic (exact) mass is 480 g/mol. The van der Waals surface area contributed by atoms with E-state index in [0.29, 0.717) is 38.3 Å². The van der Waals surface area contributed by atoms with Crippen molar-refractivity contribution in [3.63, 3.8) is 0 Å². The number of piperidine rings is 1. The van der Waals surface area contributed by atoms with Gasteiger partial charge >= 0.3 is 12.2 Å². The number of hydrogen-bond donors (Lipinski definition) is 2. The molecule has 2 amide bonds. The van der Waals surface area contributed by atoms with Gasteiger partial charge in [0.15, 0.2) is 0 Å². The van der Waals surface area contributed by atoms with Crippen LogP contribution in [0.5, 0.6) is 5.75 Å². The Balaban J connectivity index is 2.14. The van der Waals surface area contributed by atoms with Crippen LogP contribution in [-0.2, 0) is 14.3 Å². The Kier molecular flexibility index (Phi) is 9.54. The van der Waals surface area contributed by atoms with Crippen LogP contribution in [0.4, 0.5) is 9.59 Å². The minimum Gasteiger partial charge on any atom is -0.491 e. The predicted octanol–water partition coefficient (Wildman–Crippen LogP) is 3.55. The third kappa shape index (κ3) is 8.66. The molecule has 0 saturated carbocycles. The van der Waals surface area contributed by atoms with E-state index >= 15 is 0 Å². The van der Waals surface area contributed by atoms with E-state index in [9.17, 15) is 9.59 Å². The maximum atomic E-state index is 13.2. The Morgan fingerprint density at radius 2 is 1.56 bits per heavy atom. The first-order chi connectivity index (χ1) is 15.8. The number of carbonyl (C=O) groups is 2. The third-order valence-corrected chi connectivity index (χ3v) is 5.11. The summed E-state index contributed by atoms with van der Waals surface area (Å²) in [6, 6.07) is 7.00. The number of hydrogen-bond acceptors (Lipinski definition) is 8. The van der Waals surface area contributed by atoms with Crippen molar-refractivity contribution in [2.24, 2.45) is 11.6 Å². The van der Waals surface area contributed by atoms with Crippen LogP contribution in [0.25, 0.3) is 0 Å². The van der Waals surface area contributed by atoms with Crippen molar-refractivity contribution in [2.75, 3.05) is 26.3 Å². The first-order valence-corrected chi connectivity index (χ1v) is 11.6. The van der Waals surface area contributed by atoms with Crippen molar-refractivity contribution in [2.45, 2.75) is 77.8 Å². The molecule has 2 rings (SSSR count). The van der Waals surface area contributed by atoms with Gasteiger partial charge in [-0.05, 0) is 72.1 Å². The Morgan fingerprint density at radius 1 is 1.00 bits per heavy atom. The van der Waals surface area contributed by atoms with E-state index in [4.69, 9.17) is 25.8 Å². The minimum atomic E-state index is -0.727. The lowest BCUT2D eigenvalue weighted by atomic mass is 10.0. The standard InChI is InChI=1S/C24H40N4O6/c1-23(2,3)33-21(29)27-13-11-18(12-14-27)28(22(30)34-24(4,5)6)20(25)17-7-9-19(10-8-17)31-15-16-32-26/h7-10,18,20H,11-16,25-26H2,1-6H3. The van der Waals surface area contributed by atoms with Gasteiger partial charge in [-0.2, -0.15) is 0 Å². The molecule has 34 heavy (non-hydrogen) atoms. The molecule has 1 saturated heterocycles. The number of nitrogens with zero attached hydrogens (tertiary/aromatic N) is 2. The molecule has 4 N–H and O–H groups in total. The number of rotatable bonds is 7. The van der Waals surface area contributed by atoms with Gasteiger partial charge in [0.05, 0.1) is 0 Å². The highest BCUT2D eigenvalue weighted by atomic mass is 16.6. The lowest BCUT2D eigenvalue weighted by molar-refractivity contribution is -0.00940. The molecule has 0 bridgehead atoms. The summed E-state index contributed by atoms with van der Waals surface area (Å²) in [6.07, 6.45) is -0.445. The molecule has 1 aliphatic rings. The SMILES string of the molecule is CC(C)(C)OC(=O)N1CCC(N(C(=O)OC(C)(C)C)C(N)c2ccc(OCCON)cc2)CC1. The number of nitrogens with two attached hydrogens (primary N) is 2. The van der Waals surface area contributed by atoms with Crippen LogP contribution in [-0.4, -0.2) is 65.5 Å². The largest absolute Gasteiger partial charge is 0.491 e. The molecule has 0 aromatic heterocycles. The fourth-order valence-corrected chi connectivity index (χ4v) is 3.59. The lowest BCUT2D eigenvalue weighted by Crippen LogP contribution is -2.53. The van der Waals surface area contributed by atoms with Crippen molar-refractivity contribution in [1.82, 2.24) is 9.80 Å². The highest BCUT2D eigenvalue weighted by molar-refractivity contribution is 5.70. The smallest absolute Gasteiger partial charge is 0.412 e. The quantitative estimate of drug-likeness (QED) is 0.344. The Labute approximate surface area is 202 Å². The number of amides is 2. The molecule has 192 valence electrons. The van der Waals surface area contributed by atoms with Gasteiger partial charge in [-0.15, -0.1) is 0 Å². The summed E-state index contributed by atoms with van der Waals surface area (Å²) in [5.41, 5.74) is 6.09. The minimum absolute atomic E-state index is 0.193. The molecule has 1 aromatic rings. The summed E-state index contributed by atoms with van der Waals surface area (Å²) < 4.78 is 16.7. The van der Waals surface area contributed by atoms with Crippen LogP contribution in [0.15, 0.2) is 24.3 Å². The van der Waals surface area contributed by atoms with Crippen molar-refractivity contribution in [3.8, 4) is 5.75 Å². The van der Waals surface area contributed by atoms with Crippen LogP contribution in [0.3, 0.4) is 0 Å². The first-order valence-electron chi connectivity index (χ1n) is 11.6. The summed E-state index contributed by atoms with van der Waals surface area (Å²) in [5.74, 6) is 5.65. The van der Waals surface area contributed by atoms with Gasteiger partial charge in [0.2, 0.25) is 0 Å². The van der Waals surface area contributed by atoms with Crippen LogP contribution < -0.4 is 16.4 Å². The maximum absolute atomic E-state index is 13.2. The molecular weight excluding hydrogens is 440 g/mol. The molecule has 1 atom stereocenters. The van der Waals surface area contributed by atoms with Gasteiger partial charge < -0.3 is 29.7 Å². The average Bonchev–Trinajstić information content (AvgIpc) is 2.72. The lowest BCUT2D eigenvalue weighted by Gasteiger charge is -2.41. The van der Waals surface area contributed by atoms with Crippen LogP contribution in [0, 0.1) is 0 Å². The molecule has 1 unspecified atom stereocenters. The molecule has 10 heteroatoms. The molecule has 1 heterocycles. The fourth-order valence-electron chi connectivity index (χ4n) is 3.59. The zero-order valence-electron chi connectivity index (χ0n) is 21.2. The second-order valence-electron chi connectivity index (χ2n) is 10.3. The third-order valence-electron chi connectivity index (χ3n) is 5.11. The zero-order valence-corrected chi connectivity index (χ0v) is 21.2. The number of ether oxygens (including phenoxy) is 3. The second-order valence-corrected chi connectivity index (χ2v) is 10.3. The van der Waals surface area contributed by atoms with Crippen molar-refractivity contribution in [3.05, 3.63) is 29.8 Å². The number of likely N-dealkylation sites (tertiary alicyclic amines) is 1. The van der Waals surface area contributed by atoms with Crippen LogP contribution >= 0.6 is 0 Å². The molecule has 0 spiro atoms. The molecule has 0 radical (unpaired) electrons. The Morgan fingerprint density at radius 3 is 2.06 bits per heavy atom. The average molecular weight is 481 g/mol. The van der Waals surface area contributed by atoms with Gasteiger partial charge in [-0.3, -0.25) is 4.90 Å². The van der Waals surface area contributed by atoms with E-state index in [1.807, 2.05) is 53.7 Å². The van der Waals surface area contributed by atoms with E-state index in [1.165, 1.54) is 0 Å². The summed E-state index contributed by atoms with van der Waals surface area (Å²) in [5, 5.41) is 0. The van der Waals surface area contributed by atoms with Crippen LogP contribution in [0.1, 0.15) is 66.1 Å². The molecule has 1 aromatic carbocycles. The van der Waals surface area contributed by atoms with Gasteiger partial charge in [0, 0.05) is 19.1 Å². The predicted molar refractivity (Wildman–Crippen MR) is 128 cm³/mol. The summed E-state index contributed by atoms with van der Waals surface area (Å²) in [6.45, 7) is 12.5. The summed E-state index contributed by atoms with van der Waals surface area (Å²) in [4.78, 5) is 33.4. The number of carbonyl (C=O) groups excluding carboxylic acids is 2. The fraction of sp³-hybridized carbons (Fsp3) is 0.667. The normalized spacial score (nSPS) is 16.1. The Bertz CT molecular complexity index is 795. The van der Waals surface area contributed by atoms with Crippen LogP contribution in [0.2, 0.25) is 0 Å². The van der Waals surface area contributed by atoms with Crippen molar-refractivity contribution in [1.29, 1.82) is 0 Å². The van der Waals surface area contributed by atoms with E-state index in [-0.39, 0.29) is 18.7 Å². The van der Waals surface area contributed by atoms with Crippen molar-refractivity contribution >= 4 is 12.2 Å². The van der Waals surface area contributed by atoms with E-state index in [2.05, 4.69) is 4.84 Å². The van der Waals surface area contributed by atoms with E-state index in [1.54, 1.807) is 21.9 Å². The second kappa shape index (κ2) is 11.7. The van der Waals surface area contributed by atoms with E-state index in [0.717, 1.165) is 5.56 Å². The summed E-state index contributed by atoms with van der Waals surface area (Å²) >= 11 is 0.